The Bertz CT molecular complexity index is 467. The van der Waals surface area contributed by atoms with Gasteiger partial charge in [-0.25, -0.2) is 0 Å². The Morgan fingerprint density at radius 1 is 1.33 bits per heavy atom. The normalized spacial score (nSPS) is 12.3. The molecule has 0 saturated carbocycles. The number of thiophene rings is 1. The third kappa shape index (κ3) is 3.76. The second-order valence-corrected chi connectivity index (χ2v) is 5.53. The number of halogens is 1. The molecule has 0 aliphatic heterocycles. The molecule has 1 unspecified atom stereocenters. The van der Waals surface area contributed by atoms with E-state index < -0.39 is 0 Å². The van der Waals surface area contributed by atoms with E-state index in [-0.39, 0.29) is 5.38 Å². The Kier molecular flexibility index (Phi) is 5.09. The molecular weight excluding hydrogens is 264 g/mol. The van der Waals surface area contributed by atoms with Crippen LogP contribution in [-0.4, -0.2) is 6.61 Å². The van der Waals surface area contributed by atoms with Gasteiger partial charge in [0.25, 0.3) is 0 Å². The monoisotopic (exact) mass is 280 g/mol. The van der Waals surface area contributed by atoms with E-state index in [0.29, 0.717) is 0 Å². The van der Waals surface area contributed by atoms with Gasteiger partial charge in [-0.3, -0.25) is 0 Å². The molecule has 0 spiro atoms. The van der Waals surface area contributed by atoms with Crippen molar-refractivity contribution in [2.75, 3.05) is 6.61 Å². The first-order valence-electron chi connectivity index (χ1n) is 6.17. The fourth-order valence-corrected chi connectivity index (χ4v) is 2.75. The van der Waals surface area contributed by atoms with Gasteiger partial charge in [-0.15, -0.1) is 11.6 Å². The Morgan fingerprint density at radius 2 is 2.22 bits per heavy atom. The predicted molar refractivity (Wildman–Crippen MR) is 78.8 cm³/mol. The summed E-state index contributed by atoms with van der Waals surface area (Å²) >= 11 is 8.16. The molecule has 96 valence electrons. The van der Waals surface area contributed by atoms with Crippen LogP contribution in [0.5, 0.6) is 5.75 Å². The smallest absolute Gasteiger partial charge is 0.119 e. The molecule has 1 atom stereocenters. The summed E-state index contributed by atoms with van der Waals surface area (Å²) in [7, 11) is 0. The van der Waals surface area contributed by atoms with Crippen LogP contribution in [0.15, 0.2) is 41.1 Å². The van der Waals surface area contributed by atoms with Crippen molar-refractivity contribution < 1.29 is 4.74 Å². The summed E-state index contributed by atoms with van der Waals surface area (Å²) in [5, 5.41) is 4.23. The van der Waals surface area contributed by atoms with Gasteiger partial charge >= 0.3 is 0 Å². The molecule has 3 heteroatoms. The van der Waals surface area contributed by atoms with Crippen LogP contribution >= 0.6 is 22.9 Å². The van der Waals surface area contributed by atoms with Gasteiger partial charge in [0.1, 0.15) is 5.75 Å². The average Bonchev–Trinajstić information content (AvgIpc) is 2.89. The molecule has 1 nitrogen and oxygen atoms in total. The largest absolute Gasteiger partial charge is 0.494 e. The van der Waals surface area contributed by atoms with E-state index in [1.807, 2.05) is 18.2 Å². The topological polar surface area (TPSA) is 9.23 Å². The van der Waals surface area contributed by atoms with Crippen molar-refractivity contribution in [1.82, 2.24) is 0 Å². The van der Waals surface area contributed by atoms with E-state index in [2.05, 4.69) is 29.8 Å². The van der Waals surface area contributed by atoms with Crippen molar-refractivity contribution in [2.45, 2.75) is 25.1 Å². The van der Waals surface area contributed by atoms with Crippen LogP contribution in [0.2, 0.25) is 0 Å². The summed E-state index contributed by atoms with van der Waals surface area (Å²) in [6.07, 6.45) is 1.88. The number of hydrogen-bond donors (Lipinski definition) is 0. The fraction of sp³-hybridized carbons (Fsp3) is 0.333. The summed E-state index contributed by atoms with van der Waals surface area (Å²) in [5.41, 5.74) is 2.41. The number of alkyl halides is 1. The average molecular weight is 281 g/mol. The zero-order chi connectivity index (χ0) is 12.8. The van der Waals surface area contributed by atoms with Crippen LogP contribution in [0.1, 0.15) is 29.8 Å². The zero-order valence-electron chi connectivity index (χ0n) is 10.4. The lowest BCUT2D eigenvalue weighted by atomic mass is 10.1. The quantitative estimate of drug-likeness (QED) is 0.672. The minimum atomic E-state index is 0.00442. The molecule has 0 N–H and O–H groups in total. The van der Waals surface area contributed by atoms with E-state index in [1.54, 1.807) is 11.3 Å². The van der Waals surface area contributed by atoms with Crippen molar-refractivity contribution in [3.63, 3.8) is 0 Å². The number of rotatable bonds is 6. The van der Waals surface area contributed by atoms with Gasteiger partial charge < -0.3 is 4.74 Å². The van der Waals surface area contributed by atoms with Crippen LogP contribution in [0.25, 0.3) is 0 Å². The minimum absolute atomic E-state index is 0.00442. The Balaban J connectivity index is 2.03. The molecule has 2 aromatic rings. The highest BCUT2D eigenvalue weighted by molar-refractivity contribution is 7.07. The number of ether oxygens (including phenoxy) is 1. The van der Waals surface area contributed by atoms with E-state index in [0.717, 1.165) is 30.8 Å². The lowest BCUT2D eigenvalue weighted by Crippen LogP contribution is -1.98. The second kappa shape index (κ2) is 6.81. The van der Waals surface area contributed by atoms with Crippen molar-refractivity contribution in [3.05, 3.63) is 52.2 Å². The third-order valence-electron chi connectivity index (χ3n) is 2.69. The molecule has 0 saturated heterocycles. The van der Waals surface area contributed by atoms with Crippen LogP contribution in [-0.2, 0) is 6.42 Å². The van der Waals surface area contributed by atoms with E-state index in [4.69, 9.17) is 16.3 Å². The Morgan fingerprint density at radius 3 is 2.94 bits per heavy atom. The number of benzene rings is 1. The van der Waals surface area contributed by atoms with Crippen molar-refractivity contribution in [1.29, 1.82) is 0 Å². The fourth-order valence-electron chi connectivity index (χ4n) is 1.75. The molecule has 0 fully saturated rings. The predicted octanol–water partition coefficient (Wildman–Crippen LogP) is 5.06. The highest BCUT2D eigenvalue weighted by atomic mass is 35.5. The van der Waals surface area contributed by atoms with Gasteiger partial charge in [-0.2, -0.15) is 11.3 Å². The van der Waals surface area contributed by atoms with Gasteiger partial charge in [0, 0.05) is 0 Å². The van der Waals surface area contributed by atoms with E-state index >= 15 is 0 Å². The standard InChI is InChI=1S/C15H17ClOS/c1-2-7-17-14-5-3-4-13(10-14)15(16)9-12-6-8-18-11-12/h3-6,8,10-11,15H,2,7,9H2,1H3. The molecule has 0 aliphatic rings. The molecule has 0 amide bonds. The minimum Gasteiger partial charge on any atom is -0.494 e. The highest BCUT2D eigenvalue weighted by Crippen LogP contribution is 2.28. The van der Waals surface area contributed by atoms with Gasteiger partial charge in [-0.1, -0.05) is 19.1 Å². The van der Waals surface area contributed by atoms with Crippen molar-refractivity contribution in [2.24, 2.45) is 0 Å². The molecule has 18 heavy (non-hydrogen) atoms. The Hall–Kier alpha value is -0.990. The maximum atomic E-state index is 6.45. The molecule has 0 radical (unpaired) electrons. The lowest BCUT2D eigenvalue weighted by Gasteiger charge is -2.11. The van der Waals surface area contributed by atoms with Crippen molar-refractivity contribution >= 4 is 22.9 Å². The maximum absolute atomic E-state index is 6.45. The summed E-state index contributed by atoms with van der Waals surface area (Å²) in [6, 6.07) is 10.2. The first-order chi connectivity index (χ1) is 8.79. The van der Waals surface area contributed by atoms with Crippen LogP contribution < -0.4 is 4.74 Å². The second-order valence-electron chi connectivity index (χ2n) is 4.22. The van der Waals surface area contributed by atoms with Gasteiger partial charge in [-0.05, 0) is 52.9 Å². The first kappa shape index (κ1) is 13.4. The van der Waals surface area contributed by atoms with E-state index in [1.165, 1.54) is 5.56 Å². The van der Waals surface area contributed by atoms with Crippen LogP contribution in [0.3, 0.4) is 0 Å². The first-order valence-corrected chi connectivity index (χ1v) is 7.55. The zero-order valence-corrected chi connectivity index (χ0v) is 12.0. The van der Waals surface area contributed by atoms with Crippen molar-refractivity contribution in [3.8, 4) is 5.75 Å². The number of hydrogen-bond acceptors (Lipinski definition) is 2. The molecular formula is C15H17ClOS. The maximum Gasteiger partial charge on any atom is 0.119 e. The van der Waals surface area contributed by atoms with E-state index in [9.17, 15) is 0 Å². The Labute approximate surface area is 117 Å². The molecule has 0 aliphatic carbocycles. The molecule has 2 rings (SSSR count). The lowest BCUT2D eigenvalue weighted by molar-refractivity contribution is 0.317. The highest BCUT2D eigenvalue weighted by Gasteiger charge is 2.10. The molecule has 1 aromatic heterocycles. The summed E-state index contributed by atoms with van der Waals surface area (Å²) in [5.74, 6) is 0.908. The van der Waals surface area contributed by atoms with Crippen LogP contribution in [0, 0.1) is 0 Å². The SMILES string of the molecule is CCCOc1cccc(C(Cl)Cc2ccsc2)c1. The van der Waals surface area contributed by atoms with Gasteiger partial charge in [0.15, 0.2) is 0 Å². The summed E-state index contributed by atoms with van der Waals surface area (Å²) in [4.78, 5) is 0. The molecule has 0 bridgehead atoms. The third-order valence-corrected chi connectivity index (χ3v) is 3.83. The summed E-state index contributed by atoms with van der Waals surface area (Å²) < 4.78 is 5.62. The summed E-state index contributed by atoms with van der Waals surface area (Å²) in [6.45, 7) is 2.85. The van der Waals surface area contributed by atoms with Crippen LogP contribution in [0.4, 0.5) is 0 Å². The molecule has 1 aromatic carbocycles. The van der Waals surface area contributed by atoms with Gasteiger partial charge in [0.05, 0.1) is 12.0 Å². The molecule has 1 heterocycles. The van der Waals surface area contributed by atoms with Gasteiger partial charge in [0.2, 0.25) is 0 Å².